The lowest BCUT2D eigenvalue weighted by Gasteiger charge is -2.60. The number of nitrogens with one attached hydrogen (secondary N) is 2. The lowest BCUT2D eigenvalue weighted by molar-refractivity contribution is -0.107. The van der Waals surface area contributed by atoms with Crippen molar-refractivity contribution in [2.75, 3.05) is 74.5 Å². The van der Waals surface area contributed by atoms with Crippen molar-refractivity contribution in [1.82, 2.24) is 34.3 Å². The fourth-order valence-corrected chi connectivity index (χ4v) is 10.7. The Kier molecular flexibility index (Phi) is 11.1. The summed E-state index contributed by atoms with van der Waals surface area (Å²) in [6, 6.07) is 14.8. The molecule has 3 saturated heterocycles. The highest BCUT2D eigenvalue weighted by Crippen LogP contribution is 2.53. The summed E-state index contributed by atoms with van der Waals surface area (Å²) in [4.78, 5) is 39.7. The number of carbonyl (C=O) groups excluding carboxylic acids is 2. The van der Waals surface area contributed by atoms with E-state index in [1.54, 1.807) is 24.3 Å². The number of carbonyl (C=O) groups is 2. The van der Waals surface area contributed by atoms with Gasteiger partial charge < -0.3 is 25.2 Å². The maximum absolute atomic E-state index is 13.6. The average molecular weight is 787 g/mol. The first kappa shape index (κ1) is 37.8. The van der Waals surface area contributed by atoms with Crippen LogP contribution in [0.15, 0.2) is 59.8 Å². The minimum Gasteiger partial charge on any atom is -0.370 e. The molecule has 0 bridgehead atoms. The first-order valence-electron chi connectivity index (χ1n) is 19.6. The van der Waals surface area contributed by atoms with Gasteiger partial charge in [0.05, 0.1) is 27.8 Å². The zero-order valence-electron chi connectivity index (χ0n) is 31.7. The summed E-state index contributed by atoms with van der Waals surface area (Å²) in [5, 5.41) is 12.2. The molecule has 4 aliphatic rings. The van der Waals surface area contributed by atoms with Gasteiger partial charge in [-0.25, -0.2) is 23.3 Å². The summed E-state index contributed by atoms with van der Waals surface area (Å²) in [5.74, 6) is 2.42. The van der Waals surface area contributed by atoms with Crippen molar-refractivity contribution in [3.8, 4) is 0 Å². The standard InChI is InChI=1S/C40H51ClN10O3S/c1-42-39(53)51(13-4-18-52)37-35-8-7-30(19-36(35)47(2)46-37)29-9-14-48(15-10-29)25-28-21-40(22-28)26-49(27-40)33-5-3-6-34(20-33)55(54)50-16-11-32(12-17-50)45-38-43-23-31(41)24-44-38/h3,5-8,18-20,23-24,28-29,32H,4,9-17,21-22,25-27H2,1-2H3,(H,42,53)(H,43,44,45). The second kappa shape index (κ2) is 16.2. The van der Waals surface area contributed by atoms with E-state index in [1.165, 1.54) is 30.6 Å². The minimum absolute atomic E-state index is 0.247. The summed E-state index contributed by atoms with van der Waals surface area (Å²) in [6.45, 7) is 7.37. The summed E-state index contributed by atoms with van der Waals surface area (Å²) in [7, 11) is 2.32. The third-order valence-corrected chi connectivity index (χ3v) is 13.8. The molecule has 1 aliphatic carbocycles. The van der Waals surface area contributed by atoms with Crippen LogP contribution in [0.4, 0.5) is 22.2 Å². The predicted octanol–water partition coefficient (Wildman–Crippen LogP) is 5.45. The van der Waals surface area contributed by atoms with Gasteiger partial charge in [0, 0.05) is 82.3 Å². The molecule has 4 fully saturated rings. The Bertz CT molecular complexity index is 2020. The van der Waals surface area contributed by atoms with E-state index in [1.807, 2.05) is 17.8 Å². The van der Waals surface area contributed by atoms with Crippen molar-refractivity contribution >= 4 is 63.3 Å². The lowest BCUT2D eigenvalue weighted by Crippen LogP contribution is -2.63. The Morgan fingerprint density at radius 1 is 1.04 bits per heavy atom. The number of aromatic nitrogens is 4. The van der Waals surface area contributed by atoms with Gasteiger partial charge in [0.25, 0.3) is 0 Å². The number of likely N-dealkylation sites (tertiary alicyclic amines) is 1. The molecule has 292 valence electrons. The van der Waals surface area contributed by atoms with Crippen molar-refractivity contribution < 1.29 is 13.8 Å². The Labute approximate surface area is 330 Å². The van der Waals surface area contributed by atoms with Gasteiger partial charge in [0.1, 0.15) is 17.3 Å². The number of urea groups is 1. The van der Waals surface area contributed by atoms with Gasteiger partial charge in [-0.15, -0.1) is 0 Å². The third-order valence-electron chi connectivity index (χ3n) is 12.1. The zero-order valence-corrected chi connectivity index (χ0v) is 33.3. The monoisotopic (exact) mass is 786 g/mol. The van der Waals surface area contributed by atoms with E-state index in [9.17, 15) is 13.8 Å². The van der Waals surface area contributed by atoms with Gasteiger partial charge in [0.2, 0.25) is 5.95 Å². The number of halogens is 1. The summed E-state index contributed by atoms with van der Waals surface area (Å²) < 4.78 is 17.5. The summed E-state index contributed by atoms with van der Waals surface area (Å²) >= 11 is 5.91. The number of piperidine rings is 2. The van der Waals surface area contributed by atoms with E-state index in [4.69, 9.17) is 11.6 Å². The molecule has 0 radical (unpaired) electrons. The van der Waals surface area contributed by atoms with Crippen LogP contribution in [0.2, 0.25) is 5.02 Å². The highest BCUT2D eigenvalue weighted by Gasteiger charge is 2.52. The van der Waals surface area contributed by atoms with Crippen LogP contribution in [-0.4, -0.2) is 111 Å². The molecule has 15 heteroatoms. The average Bonchev–Trinajstić information content (AvgIpc) is 3.51. The molecule has 4 aromatic rings. The van der Waals surface area contributed by atoms with E-state index in [2.05, 4.69) is 76.2 Å². The quantitative estimate of drug-likeness (QED) is 0.180. The van der Waals surface area contributed by atoms with Crippen molar-refractivity contribution in [3.63, 3.8) is 0 Å². The normalized spacial score (nSPS) is 20.2. The molecule has 1 spiro atoms. The highest BCUT2D eigenvalue weighted by molar-refractivity contribution is 7.82. The van der Waals surface area contributed by atoms with Gasteiger partial charge in [-0.1, -0.05) is 23.7 Å². The van der Waals surface area contributed by atoms with E-state index < -0.39 is 11.0 Å². The second-order valence-electron chi connectivity index (χ2n) is 15.9. The number of nitrogens with zero attached hydrogens (tertiary/aromatic N) is 8. The Balaban J connectivity index is 0.780. The summed E-state index contributed by atoms with van der Waals surface area (Å²) in [5.41, 5.74) is 3.94. The fourth-order valence-electron chi connectivity index (χ4n) is 9.31. The van der Waals surface area contributed by atoms with Gasteiger partial charge in [-0.3, -0.25) is 9.58 Å². The molecule has 1 saturated carbocycles. The number of aldehydes is 1. The second-order valence-corrected chi connectivity index (χ2v) is 17.8. The minimum atomic E-state index is -1.19. The van der Waals surface area contributed by atoms with Gasteiger partial charge >= 0.3 is 6.03 Å². The summed E-state index contributed by atoms with van der Waals surface area (Å²) in [6.07, 6.45) is 10.9. The van der Waals surface area contributed by atoms with Crippen molar-refractivity contribution in [2.24, 2.45) is 18.4 Å². The first-order chi connectivity index (χ1) is 26.7. The maximum Gasteiger partial charge on any atom is 0.322 e. The third kappa shape index (κ3) is 8.09. The van der Waals surface area contributed by atoms with E-state index in [0.717, 1.165) is 93.0 Å². The van der Waals surface area contributed by atoms with Crippen molar-refractivity contribution in [1.29, 1.82) is 0 Å². The molecule has 55 heavy (non-hydrogen) atoms. The molecule has 2 aromatic heterocycles. The Morgan fingerprint density at radius 3 is 2.49 bits per heavy atom. The lowest BCUT2D eigenvalue weighted by atomic mass is 9.57. The molecular formula is C40H51ClN10O3S. The zero-order chi connectivity index (χ0) is 38.1. The van der Waals surface area contributed by atoms with Gasteiger partial charge in [-0.2, -0.15) is 5.10 Å². The molecular weight excluding hydrogens is 736 g/mol. The molecule has 13 nitrogen and oxygen atoms in total. The van der Waals surface area contributed by atoms with Gasteiger partial charge in [0.15, 0.2) is 5.82 Å². The first-order valence-corrected chi connectivity index (χ1v) is 21.1. The van der Waals surface area contributed by atoms with Crippen LogP contribution in [0.3, 0.4) is 0 Å². The van der Waals surface area contributed by atoms with Crippen LogP contribution in [0, 0.1) is 11.3 Å². The van der Waals surface area contributed by atoms with E-state index in [-0.39, 0.29) is 25.0 Å². The van der Waals surface area contributed by atoms with Crippen molar-refractivity contribution in [3.05, 3.63) is 65.4 Å². The topological polar surface area (TPSA) is 132 Å². The highest BCUT2D eigenvalue weighted by atomic mass is 35.5. The fraction of sp³-hybridized carbons (Fsp3) is 0.525. The number of amides is 2. The van der Waals surface area contributed by atoms with Crippen LogP contribution in [-0.2, 0) is 22.8 Å². The van der Waals surface area contributed by atoms with E-state index >= 15 is 0 Å². The predicted molar refractivity (Wildman–Crippen MR) is 217 cm³/mol. The molecule has 8 rings (SSSR count). The van der Waals surface area contributed by atoms with Crippen LogP contribution in [0.5, 0.6) is 0 Å². The molecule has 1 atom stereocenters. The Hall–Kier alpha value is -4.11. The number of aryl methyl sites for hydroxylation is 1. The van der Waals surface area contributed by atoms with Gasteiger partial charge in [-0.05, 0) is 99.3 Å². The molecule has 2 aromatic carbocycles. The SMILES string of the molecule is CNC(=O)N(CCC=O)c1nn(C)c2cc(C3CCN(CC4CC5(C4)CN(c4cccc(S(=O)N6CCC(Nc7ncc(Cl)cn7)CC6)c4)C5)CC3)ccc12. The number of anilines is 3. The smallest absolute Gasteiger partial charge is 0.322 e. The van der Waals surface area contributed by atoms with Crippen LogP contribution in [0.25, 0.3) is 10.9 Å². The number of fused-ring (bicyclic) bond motifs is 1. The van der Waals surface area contributed by atoms with Crippen LogP contribution >= 0.6 is 11.6 Å². The molecule has 2 amide bonds. The molecule has 3 aliphatic heterocycles. The molecule has 1 unspecified atom stereocenters. The number of hydrogen-bond acceptors (Lipinski definition) is 9. The number of rotatable bonds is 12. The Morgan fingerprint density at radius 2 is 1.78 bits per heavy atom. The van der Waals surface area contributed by atoms with Crippen LogP contribution in [0.1, 0.15) is 56.4 Å². The van der Waals surface area contributed by atoms with Crippen LogP contribution < -0.4 is 20.4 Å². The van der Waals surface area contributed by atoms with E-state index in [0.29, 0.717) is 28.1 Å². The van der Waals surface area contributed by atoms with Crippen molar-refractivity contribution in [2.45, 2.75) is 61.8 Å². The number of benzene rings is 2. The number of hydrogen-bond donors (Lipinski definition) is 2. The molecule has 5 heterocycles. The molecule has 2 N–H and O–H groups in total. The maximum atomic E-state index is 13.6. The largest absolute Gasteiger partial charge is 0.370 e.